The molecule has 0 saturated carbocycles. The number of hydrogen-bond acceptors (Lipinski definition) is 6. The van der Waals surface area contributed by atoms with Gasteiger partial charge < -0.3 is 24.5 Å². The molecule has 0 aromatic heterocycles. The topological polar surface area (TPSA) is 90.4 Å². The van der Waals surface area contributed by atoms with E-state index in [0.717, 1.165) is 0 Å². The highest BCUT2D eigenvalue weighted by atomic mass is 35.5. The number of aliphatic hydroxyl groups is 1. The minimum absolute atomic E-state index is 0.00346. The van der Waals surface area contributed by atoms with Crippen molar-refractivity contribution in [1.82, 2.24) is 4.90 Å². The summed E-state index contributed by atoms with van der Waals surface area (Å²) in [5, 5.41) is 10.5. The van der Waals surface area contributed by atoms with Crippen LogP contribution in [0, 0.1) is 11.8 Å². The van der Waals surface area contributed by atoms with E-state index in [1.54, 1.807) is 58.0 Å². The molecule has 0 radical (unpaired) electrons. The predicted octanol–water partition coefficient (Wildman–Crippen LogP) is 4.95. The fourth-order valence-electron chi connectivity index (χ4n) is 7.16. The monoisotopic (exact) mass is 623 g/mol. The molecule has 43 heavy (non-hydrogen) atoms. The minimum atomic E-state index is -0.851. The lowest BCUT2D eigenvalue weighted by molar-refractivity contribution is -0.140. The summed E-state index contributed by atoms with van der Waals surface area (Å²) >= 11 is 7.72. The highest BCUT2D eigenvalue weighted by molar-refractivity contribution is 8.02. The Morgan fingerprint density at radius 3 is 2.19 bits per heavy atom. The average molecular weight is 624 g/mol. The summed E-state index contributed by atoms with van der Waals surface area (Å²) in [5.74, 6) is -1.36. The Labute approximate surface area is 262 Å². The zero-order chi connectivity index (χ0) is 30.9. The number of halogens is 1. The number of carbonyl (C=O) groups is 3. The zero-order valence-corrected chi connectivity index (χ0v) is 26.2. The number of rotatable bonds is 12. The summed E-state index contributed by atoms with van der Waals surface area (Å²) < 4.78 is 4.22. The van der Waals surface area contributed by atoms with Crippen LogP contribution in [0.15, 0.2) is 73.8 Å². The molecule has 8 nitrogen and oxygen atoms in total. The van der Waals surface area contributed by atoms with Gasteiger partial charge in [-0.25, -0.2) is 0 Å². The van der Waals surface area contributed by atoms with Crippen LogP contribution in [0.1, 0.15) is 26.7 Å². The molecule has 3 fully saturated rings. The van der Waals surface area contributed by atoms with Crippen LogP contribution in [0.2, 0.25) is 5.02 Å². The van der Waals surface area contributed by atoms with E-state index in [2.05, 4.69) is 13.2 Å². The molecular weight excluding hydrogens is 586 g/mol. The molecule has 10 heteroatoms. The third-order valence-electron chi connectivity index (χ3n) is 8.87. The van der Waals surface area contributed by atoms with E-state index in [1.165, 1.54) is 4.90 Å². The first kappa shape index (κ1) is 31.2. The number of benzene rings is 2. The predicted molar refractivity (Wildman–Crippen MR) is 172 cm³/mol. The number of thioether (sulfide) groups is 1. The fraction of sp³-hybridized carbons (Fsp3) is 0.424. The van der Waals surface area contributed by atoms with Crippen LogP contribution in [0.5, 0.6) is 5.75 Å². The summed E-state index contributed by atoms with van der Waals surface area (Å²) in [6.07, 6.45) is 4.61. The molecule has 2 aromatic rings. The number of aliphatic hydroxyl groups excluding tert-OH is 1. The maximum atomic E-state index is 14.5. The maximum Gasteiger partial charge on any atom is 0.251 e. The van der Waals surface area contributed by atoms with Crippen LogP contribution < -0.4 is 14.5 Å². The quantitative estimate of drug-likeness (QED) is 0.337. The third-order valence-corrected chi connectivity index (χ3v) is 11.1. The van der Waals surface area contributed by atoms with Crippen molar-refractivity contribution >= 4 is 52.5 Å². The SMILES string of the molecule is C=CCN(C(=O)C1N(CCO)C(=O)[C@@H]2[C@H](C(=O)N(CC=C)c3ccc(OCC)cc3)[C@]3(C)CCC12S3)c1ccc(Cl)cc1. The van der Waals surface area contributed by atoms with Gasteiger partial charge in [-0.1, -0.05) is 23.8 Å². The molecule has 228 valence electrons. The molecule has 3 amide bonds. The normalized spacial score (nSPS) is 27.1. The first-order chi connectivity index (χ1) is 20.7. The fourth-order valence-corrected chi connectivity index (χ4v) is 9.63. The molecular formula is C33H38ClN3O5S. The largest absolute Gasteiger partial charge is 0.494 e. The van der Waals surface area contributed by atoms with Crippen molar-refractivity contribution in [2.24, 2.45) is 11.8 Å². The van der Waals surface area contributed by atoms with Crippen LogP contribution in [0.3, 0.4) is 0 Å². The first-order valence-electron chi connectivity index (χ1n) is 14.6. The first-order valence-corrected chi connectivity index (χ1v) is 15.8. The smallest absolute Gasteiger partial charge is 0.251 e. The standard InChI is InChI=1S/C33H38ClN3O5S/c1-5-18-35(24-12-14-25(15-13-24)42-7-3)29(39)26-27-30(40)37(20-21-38)28(33(27)17-16-32(26,4)43-33)31(41)36(19-6-2)23-10-8-22(34)9-11-23/h5-6,8-15,26-28,38H,1-2,7,16-21H2,3-4H3/t26-,27+,28?,32+,33?/m1/s1. The van der Waals surface area contributed by atoms with Crippen molar-refractivity contribution in [3.63, 3.8) is 0 Å². The number of anilines is 2. The molecule has 5 atom stereocenters. The lowest BCUT2D eigenvalue weighted by atomic mass is 9.66. The highest BCUT2D eigenvalue weighted by Gasteiger charge is 2.77. The van der Waals surface area contributed by atoms with Gasteiger partial charge in [0.2, 0.25) is 11.8 Å². The number of likely N-dealkylation sites (tertiary alicyclic amines) is 1. The number of ether oxygens (including phenoxy) is 1. The van der Waals surface area contributed by atoms with Crippen LogP contribution in [0.4, 0.5) is 11.4 Å². The van der Waals surface area contributed by atoms with Gasteiger partial charge in [-0.2, -0.15) is 0 Å². The second kappa shape index (κ2) is 12.4. The molecule has 5 rings (SSSR count). The Hall–Kier alpha value is -3.27. The van der Waals surface area contributed by atoms with Gasteiger partial charge in [-0.05, 0) is 75.2 Å². The van der Waals surface area contributed by atoms with E-state index >= 15 is 0 Å². The lowest BCUT2D eigenvalue weighted by Gasteiger charge is -2.38. The minimum Gasteiger partial charge on any atom is -0.494 e. The Kier molecular flexibility index (Phi) is 8.97. The van der Waals surface area contributed by atoms with E-state index in [1.807, 2.05) is 38.1 Å². The van der Waals surface area contributed by atoms with Gasteiger partial charge >= 0.3 is 0 Å². The van der Waals surface area contributed by atoms with Crippen LogP contribution in [0.25, 0.3) is 0 Å². The Balaban J connectivity index is 1.55. The molecule has 1 N–H and O–H groups in total. The van der Waals surface area contributed by atoms with Crippen molar-refractivity contribution in [1.29, 1.82) is 0 Å². The summed E-state index contributed by atoms with van der Waals surface area (Å²) in [4.78, 5) is 48.2. The summed E-state index contributed by atoms with van der Waals surface area (Å²) in [6.45, 7) is 12.4. The molecule has 2 unspecified atom stereocenters. The number of fused-ring (bicyclic) bond motifs is 1. The number of hydrogen-bond donors (Lipinski definition) is 1. The molecule has 3 aliphatic heterocycles. The van der Waals surface area contributed by atoms with Crippen LogP contribution in [-0.2, 0) is 14.4 Å². The molecule has 2 aromatic carbocycles. The van der Waals surface area contributed by atoms with Crippen molar-refractivity contribution in [2.75, 3.05) is 42.6 Å². The van der Waals surface area contributed by atoms with Gasteiger partial charge in [0, 0.05) is 40.8 Å². The summed E-state index contributed by atoms with van der Waals surface area (Å²) in [7, 11) is 0. The van der Waals surface area contributed by atoms with Gasteiger partial charge in [0.15, 0.2) is 0 Å². The van der Waals surface area contributed by atoms with E-state index in [0.29, 0.717) is 41.6 Å². The van der Waals surface area contributed by atoms with E-state index in [9.17, 15) is 19.5 Å². The van der Waals surface area contributed by atoms with E-state index in [4.69, 9.17) is 16.3 Å². The zero-order valence-electron chi connectivity index (χ0n) is 24.6. The maximum absolute atomic E-state index is 14.5. The van der Waals surface area contributed by atoms with Crippen molar-refractivity contribution < 1.29 is 24.2 Å². The van der Waals surface area contributed by atoms with Crippen LogP contribution >= 0.6 is 23.4 Å². The van der Waals surface area contributed by atoms with Gasteiger partial charge in [-0.3, -0.25) is 14.4 Å². The van der Waals surface area contributed by atoms with Crippen molar-refractivity contribution in [2.45, 2.75) is 42.2 Å². The van der Waals surface area contributed by atoms with Gasteiger partial charge in [0.05, 0.1) is 29.8 Å². The third kappa shape index (κ3) is 5.25. The van der Waals surface area contributed by atoms with Gasteiger partial charge in [0.1, 0.15) is 11.8 Å². The van der Waals surface area contributed by atoms with Gasteiger partial charge in [-0.15, -0.1) is 24.9 Å². The average Bonchev–Trinajstić information content (AvgIpc) is 3.56. The number of β-amino-alcohol motifs (C(OH)–C–C–N with tert-alkyl or cyclic N) is 1. The molecule has 3 saturated heterocycles. The molecule has 2 bridgehead atoms. The van der Waals surface area contributed by atoms with Crippen LogP contribution in [-0.4, -0.2) is 76.1 Å². The van der Waals surface area contributed by atoms with Crippen molar-refractivity contribution in [3.8, 4) is 5.75 Å². The summed E-state index contributed by atoms with van der Waals surface area (Å²) in [5.41, 5.74) is 1.32. The number of carbonyl (C=O) groups excluding carboxylic acids is 3. The number of amides is 3. The molecule has 3 heterocycles. The Bertz CT molecular complexity index is 1400. The highest BCUT2D eigenvalue weighted by Crippen LogP contribution is 2.71. The molecule has 0 aliphatic carbocycles. The van der Waals surface area contributed by atoms with E-state index in [-0.39, 0.29) is 44.0 Å². The second-order valence-corrected chi connectivity index (χ2v) is 13.7. The van der Waals surface area contributed by atoms with Gasteiger partial charge in [0.25, 0.3) is 5.91 Å². The molecule has 3 aliphatic rings. The number of nitrogens with zero attached hydrogens (tertiary/aromatic N) is 3. The lowest BCUT2D eigenvalue weighted by Crippen LogP contribution is -2.55. The Morgan fingerprint density at radius 1 is 1.05 bits per heavy atom. The van der Waals surface area contributed by atoms with E-state index < -0.39 is 27.4 Å². The Morgan fingerprint density at radius 2 is 1.63 bits per heavy atom. The van der Waals surface area contributed by atoms with Crippen molar-refractivity contribution in [3.05, 3.63) is 78.9 Å². The second-order valence-electron chi connectivity index (χ2n) is 11.4. The molecule has 1 spiro atoms. The summed E-state index contributed by atoms with van der Waals surface area (Å²) in [6, 6.07) is 13.4.